The third-order valence-corrected chi connectivity index (χ3v) is 2.38. The van der Waals surface area contributed by atoms with E-state index in [2.05, 4.69) is 0 Å². The van der Waals surface area contributed by atoms with E-state index in [-0.39, 0.29) is 0 Å². The van der Waals surface area contributed by atoms with Crippen molar-refractivity contribution in [2.75, 3.05) is 0 Å². The Morgan fingerprint density at radius 3 is 1.88 bits per heavy atom. The van der Waals surface area contributed by atoms with Gasteiger partial charge in [-0.1, -0.05) is 18.2 Å². The number of ether oxygens (including phenoxy) is 1. The molecule has 2 aromatic rings. The minimum absolute atomic E-state index is 0.429. The SMILES string of the molecule is CC(O)(O)c1ccc(Oc2ccccc2)cc1. The van der Waals surface area contributed by atoms with Crippen LogP contribution >= 0.6 is 0 Å². The van der Waals surface area contributed by atoms with Crippen LogP contribution in [0.2, 0.25) is 0 Å². The Hall–Kier alpha value is -1.84. The van der Waals surface area contributed by atoms with E-state index in [9.17, 15) is 10.2 Å². The van der Waals surface area contributed by atoms with E-state index in [1.807, 2.05) is 30.3 Å². The maximum absolute atomic E-state index is 9.38. The van der Waals surface area contributed by atoms with Gasteiger partial charge in [-0.15, -0.1) is 0 Å². The van der Waals surface area contributed by atoms with Crippen LogP contribution in [0.15, 0.2) is 54.6 Å². The van der Waals surface area contributed by atoms with Gasteiger partial charge in [0.25, 0.3) is 0 Å². The molecule has 0 unspecified atom stereocenters. The number of hydrogen-bond acceptors (Lipinski definition) is 3. The first-order chi connectivity index (χ1) is 8.05. The monoisotopic (exact) mass is 230 g/mol. The fourth-order valence-corrected chi connectivity index (χ4v) is 1.46. The van der Waals surface area contributed by atoms with E-state index in [1.165, 1.54) is 6.92 Å². The quantitative estimate of drug-likeness (QED) is 0.797. The molecule has 0 spiro atoms. The Labute approximate surface area is 99.9 Å². The van der Waals surface area contributed by atoms with Crippen molar-refractivity contribution in [1.29, 1.82) is 0 Å². The number of benzene rings is 2. The van der Waals surface area contributed by atoms with Crippen LogP contribution in [0.3, 0.4) is 0 Å². The molecule has 17 heavy (non-hydrogen) atoms. The summed E-state index contributed by atoms with van der Waals surface area (Å²) in [4.78, 5) is 0. The van der Waals surface area contributed by atoms with Crippen LogP contribution in [0.1, 0.15) is 12.5 Å². The Bertz CT molecular complexity index is 469. The molecule has 0 fully saturated rings. The van der Waals surface area contributed by atoms with Gasteiger partial charge >= 0.3 is 0 Å². The third-order valence-electron chi connectivity index (χ3n) is 2.38. The first kappa shape index (κ1) is 11.6. The molecule has 0 saturated heterocycles. The van der Waals surface area contributed by atoms with Crippen molar-refractivity contribution in [1.82, 2.24) is 0 Å². The maximum atomic E-state index is 9.38. The molecule has 0 aromatic heterocycles. The molecule has 0 atom stereocenters. The highest BCUT2D eigenvalue weighted by Gasteiger charge is 2.17. The standard InChI is InChI=1S/C14H14O3/c1-14(15,16)11-7-9-13(10-8-11)17-12-5-3-2-4-6-12/h2-10,15-16H,1H3. The average Bonchev–Trinajstić information content (AvgIpc) is 2.30. The smallest absolute Gasteiger partial charge is 0.186 e. The third kappa shape index (κ3) is 3.06. The van der Waals surface area contributed by atoms with Gasteiger partial charge in [0.15, 0.2) is 5.79 Å². The lowest BCUT2D eigenvalue weighted by atomic mass is 10.1. The summed E-state index contributed by atoms with van der Waals surface area (Å²) in [6, 6.07) is 16.1. The second kappa shape index (κ2) is 4.57. The van der Waals surface area contributed by atoms with Gasteiger partial charge in [-0.25, -0.2) is 0 Å². The molecule has 2 rings (SSSR count). The van der Waals surface area contributed by atoms with Gasteiger partial charge < -0.3 is 14.9 Å². The van der Waals surface area contributed by atoms with E-state index >= 15 is 0 Å². The molecule has 0 heterocycles. The lowest BCUT2D eigenvalue weighted by molar-refractivity contribution is -0.152. The van der Waals surface area contributed by atoms with E-state index in [0.29, 0.717) is 11.3 Å². The summed E-state index contributed by atoms with van der Waals surface area (Å²) in [5, 5.41) is 18.8. The maximum Gasteiger partial charge on any atom is 0.186 e. The molecule has 0 bridgehead atoms. The molecule has 88 valence electrons. The molecule has 0 aliphatic carbocycles. The van der Waals surface area contributed by atoms with Crippen LogP contribution < -0.4 is 4.74 Å². The molecule has 2 N–H and O–H groups in total. The predicted molar refractivity (Wildman–Crippen MR) is 64.7 cm³/mol. The van der Waals surface area contributed by atoms with Crippen molar-refractivity contribution in [2.45, 2.75) is 12.7 Å². The Balaban J connectivity index is 2.14. The van der Waals surface area contributed by atoms with Gasteiger partial charge in [-0.05, 0) is 43.3 Å². The summed E-state index contributed by atoms with van der Waals surface area (Å²) in [6.45, 7) is 1.32. The van der Waals surface area contributed by atoms with E-state index in [1.54, 1.807) is 24.3 Å². The second-order valence-electron chi connectivity index (χ2n) is 3.96. The fourth-order valence-electron chi connectivity index (χ4n) is 1.46. The molecule has 0 saturated carbocycles. The van der Waals surface area contributed by atoms with Crippen molar-refractivity contribution in [3.63, 3.8) is 0 Å². The first-order valence-corrected chi connectivity index (χ1v) is 5.34. The summed E-state index contributed by atoms with van der Waals surface area (Å²) < 4.78 is 5.58. The molecular formula is C14H14O3. The molecule has 0 aliphatic heterocycles. The van der Waals surface area contributed by atoms with E-state index in [0.717, 1.165) is 5.75 Å². The van der Waals surface area contributed by atoms with Crippen molar-refractivity contribution in [3.05, 3.63) is 60.2 Å². The Kier molecular flexibility index (Phi) is 3.13. The number of para-hydroxylation sites is 1. The predicted octanol–water partition coefficient (Wildman–Crippen LogP) is 2.64. The van der Waals surface area contributed by atoms with Gasteiger partial charge in [-0.2, -0.15) is 0 Å². The summed E-state index contributed by atoms with van der Waals surface area (Å²) in [7, 11) is 0. The zero-order valence-electron chi connectivity index (χ0n) is 9.50. The van der Waals surface area contributed by atoms with Crippen molar-refractivity contribution in [2.24, 2.45) is 0 Å². The van der Waals surface area contributed by atoms with E-state index < -0.39 is 5.79 Å². The summed E-state index contributed by atoms with van der Waals surface area (Å²) in [5.74, 6) is -0.411. The molecule has 3 nitrogen and oxygen atoms in total. The van der Waals surface area contributed by atoms with Gasteiger partial charge in [-0.3, -0.25) is 0 Å². The summed E-state index contributed by atoms with van der Waals surface area (Å²) in [6.07, 6.45) is 0. The highest BCUT2D eigenvalue weighted by molar-refractivity contribution is 5.33. The fraction of sp³-hybridized carbons (Fsp3) is 0.143. The van der Waals surface area contributed by atoms with Crippen molar-refractivity contribution in [3.8, 4) is 11.5 Å². The van der Waals surface area contributed by atoms with Crippen LogP contribution in [-0.2, 0) is 5.79 Å². The first-order valence-electron chi connectivity index (χ1n) is 5.34. The van der Waals surface area contributed by atoms with Crippen LogP contribution in [0.5, 0.6) is 11.5 Å². The van der Waals surface area contributed by atoms with Crippen molar-refractivity contribution >= 4 is 0 Å². The number of aliphatic hydroxyl groups is 2. The van der Waals surface area contributed by atoms with Gasteiger partial charge in [0.05, 0.1) is 0 Å². The minimum Gasteiger partial charge on any atom is -0.457 e. The Morgan fingerprint density at radius 1 is 0.824 bits per heavy atom. The number of rotatable bonds is 3. The average molecular weight is 230 g/mol. The van der Waals surface area contributed by atoms with Crippen LogP contribution in [-0.4, -0.2) is 10.2 Å². The van der Waals surface area contributed by atoms with Gasteiger partial charge in [0.1, 0.15) is 11.5 Å². The van der Waals surface area contributed by atoms with Gasteiger partial charge in [0, 0.05) is 5.56 Å². The van der Waals surface area contributed by atoms with Crippen LogP contribution in [0.4, 0.5) is 0 Å². The molecule has 0 radical (unpaired) electrons. The molecule has 0 amide bonds. The molecule has 3 heteroatoms. The molecule has 2 aromatic carbocycles. The van der Waals surface area contributed by atoms with Gasteiger partial charge in [0.2, 0.25) is 0 Å². The number of hydrogen-bond donors (Lipinski definition) is 2. The topological polar surface area (TPSA) is 49.7 Å². The zero-order valence-corrected chi connectivity index (χ0v) is 9.50. The van der Waals surface area contributed by atoms with E-state index in [4.69, 9.17) is 4.74 Å². The highest BCUT2D eigenvalue weighted by atomic mass is 16.5. The summed E-state index contributed by atoms with van der Waals surface area (Å²) >= 11 is 0. The molecule has 0 aliphatic rings. The largest absolute Gasteiger partial charge is 0.457 e. The minimum atomic E-state index is -1.81. The zero-order chi connectivity index (χ0) is 12.3. The summed E-state index contributed by atoms with van der Waals surface area (Å²) in [5.41, 5.74) is 0.429. The van der Waals surface area contributed by atoms with Crippen molar-refractivity contribution < 1.29 is 14.9 Å². The normalized spacial score (nSPS) is 11.2. The highest BCUT2D eigenvalue weighted by Crippen LogP contribution is 2.24. The molecular weight excluding hydrogens is 216 g/mol. The second-order valence-corrected chi connectivity index (χ2v) is 3.96. The van der Waals surface area contributed by atoms with Crippen LogP contribution in [0, 0.1) is 0 Å². The van der Waals surface area contributed by atoms with Crippen LogP contribution in [0.25, 0.3) is 0 Å². The lowest BCUT2D eigenvalue weighted by Crippen LogP contribution is -2.19. The lowest BCUT2D eigenvalue weighted by Gasteiger charge is -2.16. The Morgan fingerprint density at radius 2 is 1.35 bits per heavy atom.